The highest BCUT2D eigenvalue weighted by Crippen LogP contribution is 2.37. The van der Waals surface area contributed by atoms with E-state index in [2.05, 4.69) is 156 Å². The number of anilines is 2. The molecule has 9 aromatic carbocycles. The number of hydrogen-bond acceptors (Lipinski definition) is 10. The molecule has 0 aliphatic carbocycles. The molecule has 0 fully saturated rings. The Morgan fingerprint density at radius 3 is 0.512 bits per heavy atom. The molecule has 80 heavy (non-hydrogen) atoms. The molecule has 0 amide bonds. The molecule has 0 saturated heterocycles. The van der Waals surface area contributed by atoms with E-state index in [4.69, 9.17) is 37.9 Å². The summed E-state index contributed by atoms with van der Waals surface area (Å²) in [6, 6.07) is 73.6. The van der Waals surface area contributed by atoms with Crippen LogP contribution in [-0.4, -0.2) is 56.9 Å². The maximum atomic E-state index is 5.65. The third-order valence-electron chi connectivity index (χ3n) is 13.7. The van der Waals surface area contributed by atoms with Gasteiger partial charge in [-0.1, -0.05) is 103 Å². The number of ether oxygens (including phenoxy) is 8. The van der Waals surface area contributed by atoms with Crippen LogP contribution in [0.15, 0.2) is 243 Å². The van der Waals surface area contributed by atoms with Gasteiger partial charge in [0.1, 0.15) is 46.0 Å². The molecule has 0 radical (unpaired) electrons. The number of nitrogens with zero attached hydrogens (tertiary/aromatic N) is 2. The molecule has 0 atom stereocenters. The summed E-state index contributed by atoms with van der Waals surface area (Å²) in [4.78, 5) is 4.40. The first kappa shape index (κ1) is 54.7. The third-order valence-corrected chi connectivity index (χ3v) is 13.7. The Kier molecular flexibility index (Phi) is 18.0. The minimum absolute atomic E-state index is 0.752. The summed E-state index contributed by atoms with van der Waals surface area (Å²) in [5, 5.41) is 0. The Balaban J connectivity index is 1.35. The quantitative estimate of drug-likeness (QED) is 0.0655. The van der Waals surface area contributed by atoms with Gasteiger partial charge in [0, 0.05) is 58.5 Å². The van der Waals surface area contributed by atoms with Gasteiger partial charge in [-0.15, -0.1) is 0 Å². The lowest BCUT2D eigenvalue weighted by atomic mass is 9.96. The first-order chi connectivity index (χ1) is 39.2. The highest BCUT2D eigenvalue weighted by atomic mass is 16.5. The van der Waals surface area contributed by atoms with E-state index in [1.165, 1.54) is 0 Å². The Morgan fingerprint density at radius 2 is 0.375 bits per heavy atom. The molecular weight excluding hydrogens is 997 g/mol. The summed E-state index contributed by atoms with van der Waals surface area (Å²) in [6.07, 6.45) is 8.75. The van der Waals surface area contributed by atoms with Gasteiger partial charge < -0.3 is 47.7 Å². The SMILES string of the molecule is COc1ccc(C(=CN(C=C(c2ccc(OC)cc2)c2ccc(OC)cc2)c2cccc(N(C=C(c3ccc(OC)cc3)c3ccc(OC)cc3)C=C(c3ccc(OC)cc3)c3ccc(OC)cc3)c2)c2ccc(OC)cc2)cc1. The Bertz CT molecular complexity index is 2920. The van der Waals surface area contributed by atoms with Crippen LogP contribution in [0.3, 0.4) is 0 Å². The fourth-order valence-corrected chi connectivity index (χ4v) is 9.17. The smallest absolute Gasteiger partial charge is 0.118 e. The van der Waals surface area contributed by atoms with Gasteiger partial charge >= 0.3 is 0 Å². The van der Waals surface area contributed by atoms with Crippen molar-refractivity contribution in [2.45, 2.75) is 0 Å². The molecule has 0 unspecified atom stereocenters. The largest absolute Gasteiger partial charge is 0.497 e. The molecular formula is C70H64N2O8. The second-order valence-corrected chi connectivity index (χ2v) is 18.3. The van der Waals surface area contributed by atoms with Crippen molar-refractivity contribution in [3.05, 3.63) is 288 Å². The summed E-state index contributed by atoms with van der Waals surface area (Å²) >= 11 is 0. The van der Waals surface area contributed by atoms with Crippen LogP contribution in [0.4, 0.5) is 11.4 Å². The van der Waals surface area contributed by atoms with E-state index in [-0.39, 0.29) is 0 Å². The maximum Gasteiger partial charge on any atom is 0.118 e. The maximum absolute atomic E-state index is 5.65. The van der Waals surface area contributed by atoms with E-state index in [1.54, 1.807) is 56.9 Å². The van der Waals surface area contributed by atoms with Crippen molar-refractivity contribution in [2.75, 3.05) is 66.7 Å². The Morgan fingerprint density at radius 1 is 0.225 bits per heavy atom. The van der Waals surface area contributed by atoms with Crippen LogP contribution < -0.4 is 47.7 Å². The van der Waals surface area contributed by atoms with Gasteiger partial charge in [-0.3, -0.25) is 0 Å². The van der Waals surface area contributed by atoms with Crippen molar-refractivity contribution in [1.29, 1.82) is 0 Å². The number of hydrogen-bond donors (Lipinski definition) is 0. The minimum atomic E-state index is 0.752. The molecule has 402 valence electrons. The van der Waals surface area contributed by atoms with Crippen molar-refractivity contribution in [2.24, 2.45) is 0 Å². The average Bonchev–Trinajstić information content (AvgIpc) is 3.54. The topological polar surface area (TPSA) is 80.3 Å². The third kappa shape index (κ3) is 13.2. The monoisotopic (exact) mass is 1060 g/mol. The standard InChI is InChI=1S/C70H64N2O8/c1-73-59-28-12-49(13-29-59)67(50-14-30-60(74-2)31-15-50)45-71(46-68(51-16-32-61(75-3)33-17-51)52-18-34-62(76-4)35-19-52)57-10-9-11-58(44-57)72(47-69(53-20-36-63(77-5)37-21-53)54-22-38-64(78-6)39-23-54)48-70(55-24-40-65(79-7)41-25-55)56-26-42-66(80-8)43-27-56/h9-48H,1-8H3. The van der Waals surface area contributed by atoms with Crippen molar-refractivity contribution in [3.63, 3.8) is 0 Å². The van der Waals surface area contributed by atoms with Crippen molar-refractivity contribution in [1.82, 2.24) is 0 Å². The average molecular weight is 1060 g/mol. The molecule has 10 nitrogen and oxygen atoms in total. The summed E-state index contributed by atoms with van der Waals surface area (Å²) in [5.74, 6) is 6.02. The second kappa shape index (κ2) is 26.3. The number of benzene rings is 9. The summed E-state index contributed by atoms with van der Waals surface area (Å²) in [6.45, 7) is 0. The molecule has 0 bridgehead atoms. The fourth-order valence-electron chi connectivity index (χ4n) is 9.17. The summed E-state index contributed by atoms with van der Waals surface area (Å²) < 4.78 is 45.2. The van der Waals surface area contributed by atoms with Crippen LogP contribution in [0.25, 0.3) is 22.3 Å². The van der Waals surface area contributed by atoms with Gasteiger partial charge in [0.25, 0.3) is 0 Å². The van der Waals surface area contributed by atoms with E-state index in [9.17, 15) is 0 Å². The minimum Gasteiger partial charge on any atom is -0.497 e. The molecule has 0 heterocycles. The van der Waals surface area contributed by atoms with E-state index in [0.29, 0.717) is 0 Å². The highest BCUT2D eigenvalue weighted by Gasteiger charge is 2.18. The zero-order valence-corrected chi connectivity index (χ0v) is 46.3. The first-order valence-corrected chi connectivity index (χ1v) is 25.9. The molecule has 0 aliphatic heterocycles. The Hall–Kier alpha value is -10.1. The normalized spacial score (nSPS) is 10.5. The van der Waals surface area contributed by atoms with Gasteiger partial charge in [0.2, 0.25) is 0 Å². The molecule has 10 heteroatoms. The molecule has 9 rings (SSSR count). The zero-order chi connectivity index (χ0) is 55.8. The van der Waals surface area contributed by atoms with Crippen LogP contribution in [0.1, 0.15) is 44.5 Å². The lowest BCUT2D eigenvalue weighted by Gasteiger charge is -2.26. The summed E-state index contributed by atoms with van der Waals surface area (Å²) in [5.41, 5.74) is 13.3. The molecule has 0 aromatic heterocycles. The molecule has 0 N–H and O–H groups in total. The van der Waals surface area contributed by atoms with Crippen LogP contribution in [0.2, 0.25) is 0 Å². The molecule has 0 spiro atoms. The van der Waals surface area contributed by atoms with Crippen LogP contribution in [-0.2, 0) is 0 Å². The van der Waals surface area contributed by atoms with Crippen LogP contribution in [0, 0.1) is 0 Å². The van der Waals surface area contributed by atoms with E-state index in [0.717, 1.165) is 124 Å². The summed E-state index contributed by atoms with van der Waals surface area (Å²) in [7, 11) is 13.4. The fraction of sp³-hybridized carbons (Fsp3) is 0.114. The molecule has 0 aliphatic rings. The van der Waals surface area contributed by atoms with E-state index >= 15 is 0 Å². The van der Waals surface area contributed by atoms with E-state index < -0.39 is 0 Å². The highest BCUT2D eigenvalue weighted by molar-refractivity contribution is 5.89. The van der Waals surface area contributed by atoms with Crippen molar-refractivity contribution < 1.29 is 37.9 Å². The number of methoxy groups -OCH3 is 8. The van der Waals surface area contributed by atoms with Gasteiger partial charge in [0.05, 0.1) is 56.9 Å². The van der Waals surface area contributed by atoms with Gasteiger partial charge in [0.15, 0.2) is 0 Å². The predicted octanol–water partition coefficient (Wildman–Crippen LogP) is 15.7. The first-order valence-electron chi connectivity index (χ1n) is 25.9. The van der Waals surface area contributed by atoms with E-state index in [1.807, 2.05) is 97.1 Å². The van der Waals surface area contributed by atoms with Gasteiger partial charge in [-0.05, 0) is 160 Å². The lowest BCUT2D eigenvalue weighted by molar-refractivity contribution is 0.414. The molecule has 0 saturated carbocycles. The predicted molar refractivity (Wildman–Crippen MR) is 324 cm³/mol. The van der Waals surface area contributed by atoms with Crippen LogP contribution >= 0.6 is 0 Å². The zero-order valence-electron chi connectivity index (χ0n) is 46.3. The second-order valence-electron chi connectivity index (χ2n) is 18.3. The van der Waals surface area contributed by atoms with Crippen molar-refractivity contribution in [3.8, 4) is 46.0 Å². The lowest BCUT2D eigenvalue weighted by Crippen LogP contribution is -2.14. The Labute approximate surface area is 469 Å². The van der Waals surface area contributed by atoms with Crippen LogP contribution in [0.5, 0.6) is 46.0 Å². The van der Waals surface area contributed by atoms with Gasteiger partial charge in [-0.2, -0.15) is 0 Å². The molecule has 9 aromatic rings. The number of rotatable bonds is 22. The van der Waals surface area contributed by atoms with Gasteiger partial charge in [-0.25, -0.2) is 0 Å². The van der Waals surface area contributed by atoms with Crippen molar-refractivity contribution >= 4 is 33.7 Å².